The SMILES string of the molecule is COc1ccc2[nH]cc(CCN3C(=O)C(=O)/C(=C(\O)c4ccc(OC)c(OC)c4)C3c3ccc(O)cc3)c2c1. The van der Waals surface area contributed by atoms with Gasteiger partial charge in [-0.2, -0.15) is 0 Å². The maximum Gasteiger partial charge on any atom is 0.295 e. The molecule has 5 rings (SSSR count). The molecule has 1 fully saturated rings. The minimum atomic E-state index is -0.863. The Morgan fingerprint density at radius 3 is 2.36 bits per heavy atom. The normalized spacial score (nSPS) is 16.6. The van der Waals surface area contributed by atoms with Crippen LogP contribution >= 0.6 is 0 Å². The van der Waals surface area contributed by atoms with Crippen LogP contribution in [-0.2, 0) is 16.0 Å². The first-order chi connectivity index (χ1) is 18.9. The molecule has 0 aliphatic carbocycles. The lowest BCUT2D eigenvalue weighted by molar-refractivity contribution is -0.139. The van der Waals surface area contributed by atoms with Gasteiger partial charge in [0.15, 0.2) is 11.5 Å². The van der Waals surface area contributed by atoms with Gasteiger partial charge in [0.2, 0.25) is 0 Å². The summed E-state index contributed by atoms with van der Waals surface area (Å²) in [4.78, 5) is 31.4. The molecule has 9 nitrogen and oxygen atoms in total. The molecule has 3 N–H and O–H groups in total. The number of fused-ring (bicyclic) bond motifs is 1. The fraction of sp³-hybridized carbons (Fsp3) is 0.200. The number of phenols is 1. The Bertz CT molecular complexity index is 1590. The van der Waals surface area contributed by atoms with E-state index in [2.05, 4.69) is 4.98 Å². The number of benzene rings is 3. The van der Waals surface area contributed by atoms with Crippen molar-refractivity contribution in [3.63, 3.8) is 0 Å². The molecule has 1 aliphatic rings. The fourth-order valence-corrected chi connectivity index (χ4v) is 4.99. The van der Waals surface area contributed by atoms with Crippen LogP contribution in [-0.4, -0.2) is 59.7 Å². The minimum absolute atomic E-state index is 0.0431. The Hall–Kier alpha value is -4.92. The number of H-pyrrole nitrogens is 1. The third-order valence-electron chi connectivity index (χ3n) is 7.00. The maximum absolute atomic E-state index is 13.4. The first kappa shape index (κ1) is 25.7. The van der Waals surface area contributed by atoms with Gasteiger partial charge < -0.3 is 34.3 Å². The average molecular weight is 529 g/mol. The smallest absolute Gasteiger partial charge is 0.295 e. The van der Waals surface area contributed by atoms with Crippen LogP contribution in [0.5, 0.6) is 23.0 Å². The highest BCUT2D eigenvalue weighted by Gasteiger charge is 2.46. The molecule has 9 heteroatoms. The van der Waals surface area contributed by atoms with Gasteiger partial charge in [0.25, 0.3) is 11.7 Å². The fourth-order valence-electron chi connectivity index (χ4n) is 4.99. The zero-order valence-corrected chi connectivity index (χ0v) is 21.7. The summed E-state index contributed by atoms with van der Waals surface area (Å²) in [6.07, 6.45) is 2.32. The van der Waals surface area contributed by atoms with E-state index >= 15 is 0 Å². The van der Waals surface area contributed by atoms with Crippen molar-refractivity contribution in [1.82, 2.24) is 9.88 Å². The van der Waals surface area contributed by atoms with E-state index in [1.54, 1.807) is 37.4 Å². The molecule has 0 radical (unpaired) electrons. The summed E-state index contributed by atoms with van der Waals surface area (Å²) in [6.45, 7) is 0.211. The molecule has 0 bridgehead atoms. The van der Waals surface area contributed by atoms with Crippen LogP contribution in [0.15, 0.2) is 72.4 Å². The Balaban J connectivity index is 1.56. The number of nitrogens with zero attached hydrogens (tertiary/aromatic N) is 1. The summed E-state index contributed by atoms with van der Waals surface area (Å²) in [6, 6.07) is 15.8. The number of rotatable bonds is 8. The number of Topliss-reactive ketones (excluding diaryl/α,β-unsaturated/α-hetero) is 1. The predicted octanol–water partition coefficient (Wildman–Crippen LogP) is 4.56. The van der Waals surface area contributed by atoms with Crippen molar-refractivity contribution in [2.75, 3.05) is 27.9 Å². The van der Waals surface area contributed by atoms with Gasteiger partial charge in [-0.05, 0) is 66.1 Å². The molecule has 1 unspecified atom stereocenters. The molecule has 4 aromatic rings. The van der Waals surface area contributed by atoms with E-state index in [-0.39, 0.29) is 23.6 Å². The number of aromatic amines is 1. The highest BCUT2D eigenvalue weighted by atomic mass is 16.5. The van der Waals surface area contributed by atoms with Crippen molar-refractivity contribution in [3.05, 3.63) is 89.1 Å². The summed E-state index contributed by atoms with van der Waals surface area (Å²) < 4.78 is 16.0. The van der Waals surface area contributed by atoms with E-state index in [1.807, 2.05) is 24.4 Å². The summed E-state index contributed by atoms with van der Waals surface area (Å²) in [7, 11) is 4.57. The molecule has 2 heterocycles. The number of methoxy groups -OCH3 is 3. The number of ketones is 1. The first-order valence-corrected chi connectivity index (χ1v) is 12.3. The van der Waals surface area contributed by atoms with E-state index in [9.17, 15) is 19.8 Å². The van der Waals surface area contributed by atoms with Gasteiger partial charge in [0.05, 0.1) is 32.9 Å². The van der Waals surface area contributed by atoms with Gasteiger partial charge in [-0.15, -0.1) is 0 Å². The van der Waals surface area contributed by atoms with Crippen molar-refractivity contribution < 1.29 is 34.0 Å². The molecule has 3 aromatic carbocycles. The van der Waals surface area contributed by atoms with Crippen LogP contribution in [0.3, 0.4) is 0 Å². The number of carbonyl (C=O) groups is 2. The molecular formula is C30H28N2O7. The van der Waals surface area contributed by atoms with Crippen molar-refractivity contribution in [1.29, 1.82) is 0 Å². The molecule has 39 heavy (non-hydrogen) atoms. The van der Waals surface area contributed by atoms with Crippen molar-refractivity contribution in [2.45, 2.75) is 12.5 Å². The number of ether oxygens (including phenoxy) is 3. The molecule has 1 amide bonds. The van der Waals surface area contributed by atoms with Crippen LogP contribution in [0, 0.1) is 0 Å². The molecule has 0 saturated carbocycles. The lowest BCUT2D eigenvalue weighted by Gasteiger charge is -2.25. The van der Waals surface area contributed by atoms with E-state index in [1.165, 1.54) is 31.3 Å². The maximum atomic E-state index is 13.4. The lowest BCUT2D eigenvalue weighted by atomic mass is 9.95. The molecule has 1 aromatic heterocycles. The van der Waals surface area contributed by atoms with Gasteiger partial charge in [0.1, 0.15) is 17.3 Å². The summed E-state index contributed by atoms with van der Waals surface area (Å²) in [5.41, 5.74) is 2.72. The second kappa shape index (κ2) is 10.4. The molecular weight excluding hydrogens is 500 g/mol. The monoisotopic (exact) mass is 528 g/mol. The standard InChI is InChI=1S/C30H28N2O7/c1-37-21-9-10-23-22(15-21)19(16-31-23)12-13-32-27(17-4-7-20(33)8-5-17)26(29(35)30(32)36)28(34)18-6-11-24(38-2)25(14-18)39-3/h4-11,14-16,27,31,33-34H,12-13H2,1-3H3/b28-26-. The summed E-state index contributed by atoms with van der Waals surface area (Å²) in [5.74, 6) is -0.252. The van der Waals surface area contributed by atoms with Gasteiger partial charge in [-0.1, -0.05) is 12.1 Å². The van der Waals surface area contributed by atoms with Gasteiger partial charge in [-0.25, -0.2) is 0 Å². The van der Waals surface area contributed by atoms with E-state index < -0.39 is 17.7 Å². The van der Waals surface area contributed by atoms with Crippen LogP contribution < -0.4 is 14.2 Å². The third-order valence-corrected chi connectivity index (χ3v) is 7.00. The number of phenolic OH excluding ortho intramolecular Hbond substituents is 1. The number of aliphatic hydroxyl groups excluding tert-OH is 1. The number of amides is 1. The zero-order valence-electron chi connectivity index (χ0n) is 21.7. The van der Waals surface area contributed by atoms with E-state index in [4.69, 9.17) is 14.2 Å². The van der Waals surface area contributed by atoms with E-state index in [0.29, 0.717) is 34.8 Å². The second-order valence-corrected chi connectivity index (χ2v) is 9.13. The van der Waals surface area contributed by atoms with Crippen LogP contribution in [0.4, 0.5) is 0 Å². The summed E-state index contributed by atoms with van der Waals surface area (Å²) >= 11 is 0. The first-order valence-electron chi connectivity index (χ1n) is 12.3. The topological polar surface area (TPSA) is 121 Å². The van der Waals surface area contributed by atoms with Crippen molar-refractivity contribution >= 4 is 28.4 Å². The number of carbonyl (C=O) groups excluding carboxylic acids is 2. The Kier molecular flexibility index (Phi) is 6.89. The number of aromatic hydroxyl groups is 1. The number of hydrogen-bond donors (Lipinski definition) is 3. The van der Waals surface area contributed by atoms with Crippen LogP contribution in [0.25, 0.3) is 16.7 Å². The second-order valence-electron chi connectivity index (χ2n) is 9.13. The molecule has 1 atom stereocenters. The predicted molar refractivity (Wildman–Crippen MR) is 145 cm³/mol. The van der Waals surface area contributed by atoms with Crippen molar-refractivity contribution in [2.24, 2.45) is 0 Å². The number of aromatic nitrogens is 1. The molecule has 1 saturated heterocycles. The largest absolute Gasteiger partial charge is 0.508 e. The zero-order chi connectivity index (χ0) is 27.7. The van der Waals surface area contributed by atoms with Crippen LogP contribution in [0.2, 0.25) is 0 Å². The number of hydrogen-bond acceptors (Lipinski definition) is 7. The number of nitrogens with one attached hydrogen (secondary N) is 1. The van der Waals surface area contributed by atoms with E-state index in [0.717, 1.165) is 16.5 Å². The highest BCUT2D eigenvalue weighted by Crippen LogP contribution is 2.41. The van der Waals surface area contributed by atoms with Gasteiger partial charge in [-0.3, -0.25) is 9.59 Å². The van der Waals surface area contributed by atoms with Gasteiger partial charge >= 0.3 is 0 Å². The highest BCUT2D eigenvalue weighted by molar-refractivity contribution is 6.46. The number of likely N-dealkylation sites (tertiary alicyclic amines) is 1. The molecule has 0 spiro atoms. The van der Waals surface area contributed by atoms with Crippen molar-refractivity contribution in [3.8, 4) is 23.0 Å². The minimum Gasteiger partial charge on any atom is -0.508 e. The Morgan fingerprint density at radius 2 is 1.67 bits per heavy atom. The third kappa shape index (κ3) is 4.63. The van der Waals surface area contributed by atoms with Gasteiger partial charge in [0, 0.05) is 29.2 Å². The Morgan fingerprint density at radius 1 is 0.923 bits per heavy atom. The average Bonchev–Trinajstić information content (AvgIpc) is 3.48. The molecule has 200 valence electrons. The Labute approximate surface area is 224 Å². The van der Waals surface area contributed by atoms with Crippen LogP contribution in [0.1, 0.15) is 22.7 Å². The lowest BCUT2D eigenvalue weighted by Crippen LogP contribution is -2.31. The summed E-state index contributed by atoms with van der Waals surface area (Å²) in [5, 5.41) is 22.2. The molecule has 1 aliphatic heterocycles. The number of aliphatic hydroxyl groups is 1. The quantitative estimate of drug-likeness (QED) is 0.174.